The Morgan fingerprint density at radius 3 is 2.55 bits per heavy atom. The molecule has 22 heavy (non-hydrogen) atoms. The number of aliphatic carboxylic acids is 1. The number of alkyl halides is 1. The Morgan fingerprint density at radius 1 is 1.27 bits per heavy atom. The minimum absolute atomic E-state index is 0.0997. The third-order valence-electron chi connectivity index (χ3n) is 3.77. The summed E-state index contributed by atoms with van der Waals surface area (Å²) in [6.45, 7) is -0.315. The van der Waals surface area contributed by atoms with Gasteiger partial charge >= 0.3 is 5.97 Å². The van der Waals surface area contributed by atoms with Gasteiger partial charge in [-0.05, 0) is 30.3 Å². The van der Waals surface area contributed by atoms with Crippen LogP contribution >= 0.6 is 0 Å². The van der Waals surface area contributed by atoms with Gasteiger partial charge in [0.1, 0.15) is 0 Å². The highest BCUT2D eigenvalue weighted by Gasteiger charge is 2.46. The molecule has 0 spiro atoms. The molecule has 1 aliphatic rings. The number of carboxylic acids is 1. The fraction of sp³-hybridized carbons (Fsp3) is 0.267. The average Bonchev–Trinajstić information content (AvgIpc) is 3.17. The van der Waals surface area contributed by atoms with Gasteiger partial charge in [-0.15, -0.1) is 0 Å². The second-order valence-corrected chi connectivity index (χ2v) is 5.24. The quantitative estimate of drug-likeness (QED) is 0.932. The van der Waals surface area contributed by atoms with E-state index in [1.807, 2.05) is 0 Å². The molecule has 1 N–H and O–H groups in total. The van der Waals surface area contributed by atoms with Crippen LogP contribution in [0.25, 0.3) is 5.69 Å². The van der Waals surface area contributed by atoms with Crippen molar-refractivity contribution in [2.24, 2.45) is 0 Å². The van der Waals surface area contributed by atoms with Crippen LogP contribution in [0.1, 0.15) is 16.8 Å². The Kier molecular flexibility index (Phi) is 3.40. The minimum atomic E-state index is -2.34. The maximum Gasteiger partial charge on any atom is 0.343 e. The Balaban J connectivity index is 1.75. The van der Waals surface area contributed by atoms with Gasteiger partial charge in [-0.1, -0.05) is 0 Å². The van der Waals surface area contributed by atoms with Crippen molar-refractivity contribution in [2.45, 2.75) is 12.1 Å². The first-order chi connectivity index (χ1) is 10.5. The summed E-state index contributed by atoms with van der Waals surface area (Å²) in [6.07, 6.45) is 3.25. The first-order valence-corrected chi connectivity index (χ1v) is 6.81. The summed E-state index contributed by atoms with van der Waals surface area (Å²) in [6, 6.07) is 8.50. The van der Waals surface area contributed by atoms with Crippen molar-refractivity contribution in [2.75, 3.05) is 13.1 Å². The lowest BCUT2D eigenvalue weighted by molar-refractivity contribution is -0.149. The Labute approximate surface area is 125 Å². The Hall–Kier alpha value is -2.70. The van der Waals surface area contributed by atoms with Crippen LogP contribution in [-0.2, 0) is 4.79 Å². The molecule has 0 aliphatic carbocycles. The van der Waals surface area contributed by atoms with E-state index in [2.05, 4.69) is 5.10 Å². The summed E-state index contributed by atoms with van der Waals surface area (Å²) in [5, 5.41) is 12.9. The molecule has 2 heterocycles. The van der Waals surface area contributed by atoms with E-state index in [0.717, 1.165) is 5.69 Å². The van der Waals surface area contributed by atoms with Crippen LogP contribution in [-0.4, -0.2) is 50.4 Å². The van der Waals surface area contributed by atoms with E-state index < -0.39 is 18.2 Å². The lowest BCUT2D eigenvalue weighted by Crippen LogP contribution is -2.38. The second-order valence-electron chi connectivity index (χ2n) is 5.24. The molecular formula is C15H14FN3O3. The average molecular weight is 303 g/mol. The molecule has 1 saturated heterocycles. The number of aromatic nitrogens is 2. The number of nitrogens with zero attached hydrogens (tertiary/aromatic N) is 3. The third kappa shape index (κ3) is 2.45. The summed E-state index contributed by atoms with van der Waals surface area (Å²) in [5.41, 5.74) is -1.15. The predicted molar refractivity (Wildman–Crippen MR) is 75.6 cm³/mol. The zero-order valence-electron chi connectivity index (χ0n) is 11.6. The number of amides is 1. The van der Waals surface area contributed by atoms with Crippen LogP contribution in [0.4, 0.5) is 4.39 Å². The number of halogens is 1. The van der Waals surface area contributed by atoms with Crippen molar-refractivity contribution in [1.82, 2.24) is 14.7 Å². The number of hydrogen-bond acceptors (Lipinski definition) is 3. The lowest BCUT2D eigenvalue weighted by atomic mass is 10.1. The summed E-state index contributed by atoms with van der Waals surface area (Å²) in [4.78, 5) is 24.4. The Bertz CT molecular complexity index is 699. The molecule has 6 nitrogen and oxygen atoms in total. The molecule has 1 atom stereocenters. The molecule has 0 bridgehead atoms. The zero-order chi connectivity index (χ0) is 15.7. The van der Waals surface area contributed by atoms with Gasteiger partial charge in [-0.2, -0.15) is 5.10 Å². The maximum absolute atomic E-state index is 14.0. The maximum atomic E-state index is 14.0. The highest BCUT2D eigenvalue weighted by atomic mass is 19.1. The monoisotopic (exact) mass is 303 g/mol. The number of carbonyl (C=O) groups excluding carboxylic acids is 1. The molecule has 1 aromatic carbocycles. The van der Waals surface area contributed by atoms with Crippen LogP contribution in [0.2, 0.25) is 0 Å². The molecule has 1 aliphatic heterocycles. The van der Waals surface area contributed by atoms with Gasteiger partial charge in [0.05, 0.1) is 12.2 Å². The molecule has 1 fully saturated rings. The first-order valence-electron chi connectivity index (χ1n) is 6.81. The molecule has 2 aromatic rings. The van der Waals surface area contributed by atoms with Gasteiger partial charge in [0.2, 0.25) is 5.67 Å². The SMILES string of the molecule is O=C(c1ccc(-n2cccn2)cc1)N1CCC(F)(C(=O)O)C1. The van der Waals surface area contributed by atoms with Gasteiger partial charge < -0.3 is 10.0 Å². The predicted octanol–water partition coefficient (Wildman–Crippen LogP) is 1.51. The highest BCUT2D eigenvalue weighted by molar-refractivity contribution is 5.95. The molecule has 0 saturated carbocycles. The summed E-state index contributed by atoms with van der Waals surface area (Å²) in [7, 11) is 0. The highest BCUT2D eigenvalue weighted by Crippen LogP contribution is 2.27. The zero-order valence-corrected chi connectivity index (χ0v) is 11.6. The molecule has 3 rings (SSSR count). The number of carbonyl (C=O) groups is 2. The van der Waals surface area contributed by atoms with Crippen LogP contribution in [0.3, 0.4) is 0 Å². The van der Waals surface area contributed by atoms with E-state index in [4.69, 9.17) is 5.11 Å². The van der Waals surface area contributed by atoms with Gasteiger partial charge in [0.15, 0.2) is 0 Å². The topological polar surface area (TPSA) is 75.4 Å². The number of hydrogen-bond donors (Lipinski definition) is 1. The first kappa shape index (κ1) is 14.2. The second kappa shape index (κ2) is 5.25. The molecular weight excluding hydrogens is 289 g/mol. The number of rotatable bonds is 3. The van der Waals surface area contributed by atoms with E-state index in [1.54, 1.807) is 47.4 Å². The Morgan fingerprint density at radius 2 is 2.00 bits per heavy atom. The van der Waals surface area contributed by atoms with Gasteiger partial charge in [-0.3, -0.25) is 4.79 Å². The van der Waals surface area contributed by atoms with Gasteiger partial charge in [0, 0.05) is 30.9 Å². The van der Waals surface area contributed by atoms with E-state index in [0.29, 0.717) is 5.56 Å². The van der Waals surface area contributed by atoms with E-state index in [1.165, 1.54) is 4.90 Å². The summed E-state index contributed by atoms with van der Waals surface area (Å²) in [5.74, 6) is -1.88. The van der Waals surface area contributed by atoms with E-state index in [9.17, 15) is 14.0 Å². The summed E-state index contributed by atoms with van der Waals surface area (Å²) < 4.78 is 15.7. The fourth-order valence-corrected chi connectivity index (χ4v) is 2.48. The number of benzene rings is 1. The van der Waals surface area contributed by atoms with Crippen LogP contribution < -0.4 is 0 Å². The van der Waals surface area contributed by atoms with Crippen LogP contribution in [0.5, 0.6) is 0 Å². The van der Waals surface area contributed by atoms with E-state index >= 15 is 0 Å². The van der Waals surface area contributed by atoms with Crippen molar-refractivity contribution in [3.8, 4) is 5.69 Å². The van der Waals surface area contributed by atoms with Crippen molar-refractivity contribution in [1.29, 1.82) is 0 Å². The van der Waals surface area contributed by atoms with E-state index in [-0.39, 0.29) is 18.9 Å². The molecule has 7 heteroatoms. The summed E-state index contributed by atoms with van der Waals surface area (Å²) >= 11 is 0. The lowest BCUT2D eigenvalue weighted by Gasteiger charge is -2.18. The fourth-order valence-electron chi connectivity index (χ4n) is 2.48. The molecule has 114 valence electrons. The third-order valence-corrected chi connectivity index (χ3v) is 3.77. The van der Waals surface area contributed by atoms with Crippen molar-refractivity contribution >= 4 is 11.9 Å². The molecule has 1 amide bonds. The van der Waals surface area contributed by atoms with Crippen molar-refractivity contribution < 1.29 is 19.1 Å². The normalized spacial score (nSPS) is 21.0. The minimum Gasteiger partial charge on any atom is -0.479 e. The van der Waals surface area contributed by atoms with Gasteiger partial charge in [0.25, 0.3) is 5.91 Å². The molecule has 0 radical (unpaired) electrons. The largest absolute Gasteiger partial charge is 0.479 e. The van der Waals surface area contributed by atoms with Crippen LogP contribution in [0, 0.1) is 0 Å². The number of carboxylic acid groups (broad SMARTS) is 1. The number of likely N-dealkylation sites (tertiary alicyclic amines) is 1. The van der Waals surface area contributed by atoms with Crippen molar-refractivity contribution in [3.63, 3.8) is 0 Å². The van der Waals surface area contributed by atoms with Gasteiger partial charge in [-0.25, -0.2) is 13.9 Å². The van der Waals surface area contributed by atoms with Crippen LogP contribution in [0.15, 0.2) is 42.7 Å². The standard InChI is InChI=1S/C15H14FN3O3/c16-15(14(21)22)6-9-18(10-15)13(20)11-2-4-12(5-3-11)19-8-1-7-17-19/h1-5,7-8H,6,9-10H2,(H,21,22). The smallest absolute Gasteiger partial charge is 0.343 e. The molecule has 1 aromatic heterocycles. The molecule has 1 unspecified atom stereocenters. The van der Waals surface area contributed by atoms with Crippen molar-refractivity contribution in [3.05, 3.63) is 48.3 Å².